The molecule has 1 aromatic heterocycles. The third kappa shape index (κ3) is 5.35. The Bertz CT molecular complexity index is 1570. The number of benzene rings is 3. The fourth-order valence-electron chi connectivity index (χ4n) is 4.38. The number of aromatic nitrogens is 2. The molecule has 4 aromatic rings. The van der Waals surface area contributed by atoms with Crippen molar-refractivity contribution in [3.05, 3.63) is 117 Å². The van der Waals surface area contributed by atoms with Crippen molar-refractivity contribution in [2.24, 2.45) is 0 Å². The molecule has 5 rings (SSSR count). The standard InChI is InChI=1S/C29H26FN5O4/c1-31-26(36)23-16-21(30)13-12-20(23)17-35(22-10-6-3-7-11-22)27(37)24-25(39-18-19-8-4-2-5-9-19)28(38)34-15-14-32-29(34)33-24/h2-13,16H,14-15,17-18H2,1H3,(H,31,36)(H,32,33). The van der Waals surface area contributed by atoms with Crippen molar-refractivity contribution in [2.45, 2.75) is 19.7 Å². The molecular weight excluding hydrogens is 501 g/mol. The van der Waals surface area contributed by atoms with Crippen LogP contribution in [0.25, 0.3) is 0 Å². The monoisotopic (exact) mass is 527 g/mol. The van der Waals surface area contributed by atoms with Gasteiger partial charge in [-0.15, -0.1) is 0 Å². The summed E-state index contributed by atoms with van der Waals surface area (Å²) in [6.45, 7) is 0.864. The summed E-state index contributed by atoms with van der Waals surface area (Å²) in [6.07, 6.45) is 0. The highest BCUT2D eigenvalue weighted by atomic mass is 19.1. The molecule has 3 aromatic carbocycles. The minimum atomic E-state index is -0.606. The molecule has 2 heterocycles. The van der Waals surface area contributed by atoms with Crippen LogP contribution in [0.5, 0.6) is 5.75 Å². The van der Waals surface area contributed by atoms with Crippen molar-refractivity contribution < 1.29 is 18.7 Å². The quantitative estimate of drug-likeness (QED) is 0.363. The second-order valence-electron chi connectivity index (χ2n) is 8.88. The molecule has 39 heavy (non-hydrogen) atoms. The first-order valence-electron chi connectivity index (χ1n) is 12.4. The van der Waals surface area contributed by atoms with Gasteiger partial charge < -0.3 is 20.3 Å². The summed E-state index contributed by atoms with van der Waals surface area (Å²) >= 11 is 0. The molecule has 1 aliphatic heterocycles. The van der Waals surface area contributed by atoms with Crippen LogP contribution in [0.2, 0.25) is 0 Å². The zero-order valence-electron chi connectivity index (χ0n) is 21.2. The van der Waals surface area contributed by atoms with Crippen LogP contribution in [0.15, 0.2) is 83.7 Å². The third-order valence-corrected chi connectivity index (χ3v) is 6.36. The predicted octanol–water partition coefficient (Wildman–Crippen LogP) is 3.59. The summed E-state index contributed by atoms with van der Waals surface area (Å²) in [7, 11) is 1.45. The zero-order chi connectivity index (χ0) is 27.4. The van der Waals surface area contributed by atoms with Gasteiger partial charge in [0.1, 0.15) is 12.4 Å². The first kappa shape index (κ1) is 25.7. The van der Waals surface area contributed by atoms with Crippen molar-refractivity contribution >= 4 is 23.5 Å². The summed E-state index contributed by atoms with van der Waals surface area (Å²) in [4.78, 5) is 46.0. The summed E-state index contributed by atoms with van der Waals surface area (Å²) in [5.41, 5.74) is 1.19. The molecular formula is C29H26FN5O4. The Hall–Kier alpha value is -4.99. The Morgan fingerprint density at radius 2 is 1.79 bits per heavy atom. The van der Waals surface area contributed by atoms with Gasteiger partial charge in [0.2, 0.25) is 11.7 Å². The van der Waals surface area contributed by atoms with E-state index in [4.69, 9.17) is 4.74 Å². The van der Waals surface area contributed by atoms with Crippen molar-refractivity contribution in [2.75, 3.05) is 23.8 Å². The van der Waals surface area contributed by atoms with E-state index in [1.807, 2.05) is 30.3 Å². The lowest BCUT2D eigenvalue weighted by molar-refractivity contribution is 0.0952. The molecule has 0 atom stereocenters. The van der Waals surface area contributed by atoms with Crippen LogP contribution in [-0.4, -0.2) is 35.0 Å². The van der Waals surface area contributed by atoms with E-state index in [2.05, 4.69) is 15.6 Å². The van der Waals surface area contributed by atoms with E-state index in [0.717, 1.165) is 11.6 Å². The predicted molar refractivity (Wildman–Crippen MR) is 145 cm³/mol. The molecule has 0 unspecified atom stereocenters. The van der Waals surface area contributed by atoms with Crippen LogP contribution < -0.4 is 25.8 Å². The molecule has 198 valence electrons. The minimum Gasteiger partial charge on any atom is -0.481 e. The maximum atomic E-state index is 14.2. The van der Waals surface area contributed by atoms with E-state index in [1.165, 1.54) is 28.6 Å². The maximum Gasteiger partial charge on any atom is 0.298 e. The average molecular weight is 528 g/mol. The van der Waals surface area contributed by atoms with Crippen molar-refractivity contribution in [1.29, 1.82) is 0 Å². The average Bonchev–Trinajstić information content (AvgIpc) is 3.45. The van der Waals surface area contributed by atoms with E-state index < -0.39 is 23.2 Å². The van der Waals surface area contributed by atoms with Crippen molar-refractivity contribution in [3.8, 4) is 5.75 Å². The van der Waals surface area contributed by atoms with Gasteiger partial charge in [0.05, 0.1) is 6.54 Å². The number of ether oxygens (including phenoxy) is 1. The zero-order valence-corrected chi connectivity index (χ0v) is 21.2. The Morgan fingerprint density at radius 1 is 1.08 bits per heavy atom. The van der Waals surface area contributed by atoms with Crippen molar-refractivity contribution in [1.82, 2.24) is 14.9 Å². The topological polar surface area (TPSA) is 106 Å². The number of rotatable bonds is 8. The number of para-hydroxylation sites is 1. The van der Waals surface area contributed by atoms with Crippen LogP contribution in [-0.2, 0) is 19.7 Å². The van der Waals surface area contributed by atoms with Gasteiger partial charge in [-0.3, -0.25) is 19.0 Å². The minimum absolute atomic E-state index is 0.0644. The number of hydrogen-bond donors (Lipinski definition) is 2. The van der Waals surface area contributed by atoms with Gasteiger partial charge in [-0.1, -0.05) is 54.6 Å². The highest BCUT2D eigenvalue weighted by Crippen LogP contribution is 2.26. The second-order valence-corrected chi connectivity index (χ2v) is 8.88. The number of nitrogens with one attached hydrogen (secondary N) is 2. The lowest BCUT2D eigenvalue weighted by Gasteiger charge is -2.25. The molecule has 1 aliphatic rings. The SMILES string of the molecule is CNC(=O)c1cc(F)ccc1CN(C(=O)c1nc2n(c(=O)c1OCc1ccccc1)CCN2)c1ccccc1. The van der Waals surface area contributed by atoms with Crippen LogP contribution in [0, 0.1) is 5.82 Å². The van der Waals surface area contributed by atoms with Crippen LogP contribution in [0.1, 0.15) is 32.0 Å². The third-order valence-electron chi connectivity index (χ3n) is 6.36. The summed E-state index contributed by atoms with van der Waals surface area (Å²) < 4.78 is 21.4. The van der Waals surface area contributed by atoms with Gasteiger partial charge in [-0.2, -0.15) is 0 Å². The first-order chi connectivity index (χ1) is 19.0. The molecule has 9 nitrogen and oxygen atoms in total. The largest absolute Gasteiger partial charge is 0.481 e. The number of nitrogens with zero attached hydrogens (tertiary/aromatic N) is 3. The Morgan fingerprint density at radius 3 is 2.51 bits per heavy atom. The fraction of sp³-hybridized carbons (Fsp3) is 0.172. The molecule has 0 fully saturated rings. The van der Waals surface area contributed by atoms with Crippen LogP contribution in [0.3, 0.4) is 0 Å². The van der Waals surface area contributed by atoms with E-state index in [0.29, 0.717) is 24.3 Å². The molecule has 0 saturated heterocycles. The molecule has 0 spiro atoms. The van der Waals surface area contributed by atoms with Gasteiger partial charge in [0, 0.05) is 31.4 Å². The summed E-state index contributed by atoms with van der Waals surface area (Å²) in [5, 5.41) is 5.54. The smallest absolute Gasteiger partial charge is 0.298 e. The number of hydrogen-bond acceptors (Lipinski definition) is 6. The van der Waals surface area contributed by atoms with Crippen molar-refractivity contribution in [3.63, 3.8) is 0 Å². The van der Waals surface area contributed by atoms with Gasteiger partial charge in [-0.25, -0.2) is 9.37 Å². The molecule has 2 amide bonds. The molecule has 0 aliphatic carbocycles. The van der Waals surface area contributed by atoms with E-state index in [9.17, 15) is 18.8 Å². The molecule has 10 heteroatoms. The maximum absolute atomic E-state index is 14.2. The molecule has 0 saturated carbocycles. The van der Waals surface area contributed by atoms with Gasteiger partial charge in [-0.05, 0) is 35.4 Å². The Labute approximate surface area is 223 Å². The number of carbonyl (C=O) groups excluding carboxylic acids is 2. The second kappa shape index (κ2) is 11.2. The summed E-state index contributed by atoms with van der Waals surface area (Å²) in [5.74, 6) is -1.56. The Kier molecular flexibility index (Phi) is 7.35. The normalized spacial score (nSPS) is 11.8. The molecule has 0 radical (unpaired) electrons. The highest BCUT2D eigenvalue weighted by Gasteiger charge is 2.30. The fourth-order valence-corrected chi connectivity index (χ4v) is 4.38. The first-order valence-corrected chi connectivity index (χ1v) is 12.4. The number of amides is 2. The molecule has 2 N–H and O–H groups in total. The summed E-state index contributed by atoms with van der Waals surface area (Å²) in [6, 6.07) is 21.9. The van der Waals surface area contributed by atoms with Crippen LogP contribution >= 0.6 is 0 Å². The number of fused-ring (bicyclic) bond motifs is 1. The highest BCUT2D eigenvalue weighted by molar-refractivity contribution is 6.07. The van der Waals surface area contributed by atoms with Crippen LogP contribution in [0.4, 0.5) is 16.0 Å². The molecule has 0 bridgehead atoms. The lowest BCUT2D eigenvalue weighted by atomic mass is 10.0. The number of halogens is 1. The van der Waals surface area contributed by atoms with Gasteiger partial charge >= 0.3 is 0 Å². The van der Waals surface area contributed by atoms with E-state index in [1.54, 1.807) is 30.3 Å². The van der Waals surface area contributed by atoms with Gasteiger partial charge in [0.15, 0.2) is 5.69 Å². The van der Waals surface area contributed by atoms with Gasteiger partial charge in [0.25, 0.3) is 17.4 Å². The number of carbonyl (C=O) groups is 2. The lowest BCUT2D eigenvalue weighted by Crippen LogP contribution is -2.35. The Balaban J connectivity index is 1.59. The van der Waals surface area contributed by atoms with E-state index in [-0.39, 0.29) is 36.1 Å². The van der Waals surface area contributed by atoms with E-state index >= 15 is 0 Å². The number of anilines is 2.